The van der Waals surface area contributed by atoms with E-state index >= 15 is 0 Å². The summed E-state index contributed by atoms with van der Waals surface area (Å²) < 4.78 is 25.6. The molecule has 2 aromatic carbocycles. The molecule has 2 aromatic rings. The first-order valence-corrected chi connectivity index (χ1v) is 11.2. The van der Waals surface area contributed by atoms with Crippen molar-refractivity contribution in [1.29, 1.82) is 0 Å². The Kier molecular flexibility index (Phi) is 7.34. The molecule has 0 aliphatic heterocycles. The number of nitrogens with one attached hydrogen (secondary N) is 2. The predicted molar refractivity (Wildman–Crippen MR) is 118 cm³/mol. The molecule has 0 bridgehead atoms. The molecule has 0 radical (unpaired) electrons. The van der Waals surface area contributed by atoms with Gasteiger partial charge >= 0.3 is 0 Å². The fraction of sp³-hybridized carbons (Fsp3) is 0.300. The molecule has 2 amide bonds. The van der Waals surface area contributed by atoms with Gasteiger partial charge in [0.15, 0.2) is 0 Å². The average Bonchev–Trinajstić information content (AvgIpc) is 2.67. The second kappa shape index (κ2) is 9.56. The molecule has 0 spiro atoms. The molecule has 0 unspecified atom stereocenters. The number of non-ortho nitro benzene ring substituents is 1. The maximum absolute atomic E-state index is 12.9. The van der Waals surface area contributed by atoms with Gasteiger partial charge < -0.3 is 10.6 Å². The van der Waals surface area contributed by atoms with Crippen LogP contribution in [-0.2, 0) is 14.8 Å². The van der Waals surface area contributed by atoms with Crippen LogP contribution >= 0.6 is 0 Å². The molecule has 0 fully saturated rings. The Bertz CT molecular complexity index is 1100. The molecule has 1 atom stereocenters. The van der Waals surface area contributed by atoms with E-state index in [0.29, 0.717) is 0 Å². The lowest BCUT2D eigenvalue weighted by molar-refractivity contribution is -0.384. The fourth-order valence-electron chi connectivity index (χ4n) is 2.92. The average molecular weight is 449 g/mol. The first-order valence-electron chi connectivity index (χ1n) is 9.36. The Morgan fingerprint density at radius 2 is 1.71 bits per heavy atom. The lowest BCUT2D eigenvalue weighted by Gasteiger charge is -2.28. The second-order valence-corrected chi connectivity index (χ2v) is 9.03. The van der Waals surface area contributed by atoms with Crippen molar-refractivity contribution in [3.8, 4) is 0 Å². The van der Waals surface area contributed by atoms with Crippen molar-refractivity contribution in [1.82, 2.24) is 5.32 Å². The molecule has 10 nitrogen and oxygen atoms in total. The number of sulfonamides is 1. The maximum Gasteiger partial charge on any atom is 0.271 e. The molecular weight excluding hydrogens is 424 g/mol. The highest BCUT2D eigenvalue weighted by molar-refractivity contribution is 7.92. The quantitative estimate of drug-likeness (QED) is 0.470. The van der Waals surface area contributed by atoms with Gasteiger partial charge in [0, 0.05) is 18.2 Å². The standard InChI is InChI=1S/C20H24N4O6S/c1-13(2)21-20(26)17-10-5-6-11-18(17)22-19(25)14(3)23(31(4,29)30)15-8-7-9-16(12-15)24(27)28/h5-14H,1-4H3,(H,21,26)(H,22,25)/t14-/m1/s1. The number of anilines is 2. The molecule has 0 saturated carbocycles. The van der Waals surface area contributed by atoms with E-state index in [1.54, 1.807) is 26.0 Å². The molecule has 0 saturated heterocycles. The first kappa shape index (κ1) is 23.8. The van der Waals surface area contributed by atoms with Gasteiger partial charge in [0.1, 0.15) is 6.04 Å². The summed E-state index contributed by atoms with van der Waals surface area (Å²) in [6, 6.07) is 9.95. The van der Waals surface area contributed by atoms with Gasteiger partial charge in [-0.25, -0.2) is 8.42 Å². The van der Waals surface area contributed by atoms with Gasteiger partial charge in [0.05, 0.1) is 28.1 Å². The summed E-state index contributed by atoms with van der Waals surface area (Å²) >= 11 is 0. The van der Waals surface area contributed by atoms with E-state index in [4.69, 9.17) is 0 Å². The monoisotopic (exact) mass is 448 g/mol. The lowest BCUT2D eigenvalue weighted by Crippen LogP contribution is -2.45. The number of hydrogen-bond acceptors (Lipinski definition) is 6. The number of carbonyl (C=O) groups excluding carboxylic acids is 2. The van der Waals surface area contributed by atoms with Crippen LogP contribution in [0.1, 0.15) is 31.1 Å². The van der Waals surface area contributed by atoms with Crippen LogP contribution in [0.25, 0.3) is 0 Å². The first-order chi connectivity index (χ1) is 14.4. The molecule has 0 aliphatic rings. The van der Waals surface area contributed by atoms with Crippen LogP contribution in [0.15, 0.2) is 48.5 Å². The minimum absolute atomic E-state index is 0.0230. The Balaban J connectivity index is 2.37. The zero-order valence-electron chi connectivity index (χ0n) is 17.5. The van der Waals surface area contributed by atoms with E-state index in [9.17, 15) is 28.1 Å². The third-order valence-electron chi connectivity index (χ3n) is 4.23. The van der Waals surface area contributed by atoms with Crippen LogP contribution in [-0.4, -0.2) is 43.5 Å². The fourth-order valence-corrected chi connectivity index (χ4v) is 4.09. The van der Waals surface area contributed by atoms with Crippen molar-refractivity contribution in [2.45, 2.75) is 32.9 Å². The minimum Gasteiger partial charge on any atom is -0.350 e. The molecular formula is C20H24N4O6S. The van der Waals surface area contributed by atoms with Crippen molar-refractivity contribution < 1.29 is 22.9 Å². The van der Waals surface area contributed by atoms with Crippen LogP contribution in [0.2, 0.25) is 0 Å². The van der Waals surface area contributed by atoms with Crippen LogP contribution < -0.4 is 14.9 Å². The van der Waals surface area contributed by atoms with E-state index in [1.165, 1.54) is 37.3 Å². The van der Waals surface area contributed by atoms with Crippen molar-refractivity contribution in [2.24, 2.45) is 0 Å². The molecule has 0 aromatic heterocycles. The largest absolute Gasteiger partial charge is 0.350 e. The van der Waals surface area contributed by atoms with Crippen LogP contribution in [0.4, 0.5) is 17.1 Å². The summed E-state index contributed by atoms with van der Waals surface area (Å²) in [5, 5.41) is 16.4. The summed E-state index contributed by atoms with van der Waals surface area (Å²) in [5.41, 5.74) is 0.0997. The van der Waals surface area contributed by atoms with E-state index < -0.39 is 32.8 Å². The number of nitro groups is 1. The number of para-hydroxylation sites is 1. The summed E-state index contributed by atoms with van der Waals surface area (Å²) in [5.74, 6) is -1.10. The summed E-state index contributed by atoms with van der Waals surface area (Å²) in [6.07, 6.45) is 0.902. The van der Waals surface area contributed by atoms with Gasteiger partial charge in [0.25, 0.3) is 11.6 Å². The highest BCUT2D eigenvalue weighted by Crippen LogP contribution is 2.26. The van der Waals surface area contributed by atoms with Crippen molar-refractivity contribution in [2.75, 3.05) is 15.9 Å². The molecule has 31 heavy (non-hydrogen) atoms. The van der Waals surface area contributed by atoms with Gasteiger partial charge in [-0.1, -0.05) is 18.2 Å². The number of amides is 2. The van der Waals surface area contributed by atoms with Crippen LogP contribution in [0, 0.1) is 10.1 Å². The van der Waals surface area contributed by atoms with Gasteiger partial charge in [-0.3, -0.25) is 24.0 Å². The van der Waals surface area contributed by atoms with Crippen molar-refractivity contribution >= 4 is 38.9 Å². The van der Waals surface area contributed by atoms with Crippen molar-refractivity contribution in [3.05, 3.63) is 64.2 Å². The molecule has 2 rings (SSSR count). The Morgan fingerprint density at radius 3 is 2.29 bits per heavy atom. The third-order valence-corrected chi connectivity index (χ3v) is 5.47. The van der Waals surface area contributed by atoms with Gasteiger partial charge in [-0.15, -0.1) is 0 Å². The second-order valence-electron chi connectivity index (χ2n) is 7.17. The number of benzene rings is 2. The Labute approximate surface area is 180 Å². The zero-order valence-corrected chi connectivity index (χ0v) is 18.3. The number of nitrogens with zero attached hydrogens (tertiary/aromatic N) is 2. The van der Waals surface area contributed by atoms with E-state index in [1.807, 2.05) is 0 Å². The zero-order chi connectivity index (χ0) is 23.3. The number of nitro benzene ring substituents is 1. The molecule has 166 valence electrons. The van der Waals surface area contributed by atoms with Gasteiger partial charge in [-0.05, 0) is 39.0 Å². The minimum atomic E-state index is -3.97. The summed E-state index contributed by atoms with van der Waals surface area (Å²) in [6.45, 7) is 4.94. The predicted octanol–water partition coefficient (Wildman–Crippen LogP) is 2.53. The third kappa shape index (κ3) is 6.01. The molecule has 11 heteroatoms. The van der Waals surface area contributed by atoms with Gasteiger partial charge in [-0.2, -0.15) is 0 Å². The number of hydrogen-bond donors (Lipinski definition) is 2. The SMILES string of the molecule is CC(C)NC(=O)c1ccccc1NC(=O)[C@@H](C)N(c1cccc([N+](=O)[O-])c1)S(C)(=O)=O. The Morgan fingerprint density at radius 1 is 1.06 bits per heavy atom. The van der Waals surface area contributed by atoms with Gasteiger partial charge in [0.2, 0.25) is 15.9 Å². The highest BCUT2D eigenvalue weighted by atomic mass is 32.2. The van der Waals surface area contributed by atoms with E-state index in [-0.39, 0.29) is 28.7 Å². The smallest absolute Gasteiger partial charge is 0.271 e. The summed E-state index contributed by atoms with van der Waals surface area (Å²) in [4.78, 5) is 35.7. The molecule has 2 N–H and O–H groups in total. The maximum atomic E-state index is 12.9. The van der Waals surface area contributed by atoms with Crippen molar-refractivity contribution in [3.63, 3.8) is 0 Å². The van der Waals surface area contributed by atoms with Crippen LogP contribution in [0.3, 0.4) is 0 Å². The van der Waals surface area contributed by atoms with Crippen LogP contribution in [0.5, 0.6) is 0 Å². The normalized spacial score (nSPS) is 12.2. The highest BCUT2D eigenvalue weighted by Gasteiger charge is 2.30. The number of carbonyl (C=O) groups is 2. The number of rotatable bonds is 8. The molecule has 0 aliphatic carbocycles. The van der Waals surface area contributed by atoms with E-state index in [0.717, 1.165) is 16.6 Å². The van der Waals surface area contributed by atoms with E-state index in [2.05, 4.69) is 10.6 Å². The Hall–Kier alpha value is -3.47. The summed E-state index contributed by atoms with van der Waals surface area (Å²) in [7, 11) is -3.97. The lowest BCUT2D eigenvalue weighted by atomic mass is 10.1. The molecule has 0 heterocycles. The topological polar surface area (TPSA) is 139 Å².